The van der Waals surface area contributed by atoms with E-state index in [2.05, 4.69) is 31.0 Å². The lowest BCUT2D eigenvalue weighted by Crippen LogP contribution is -2.47. The number of hydrogen-bond donors (Lipinski definition) is 1. The third-order valence-electron chi connectivity index (χ3n) is 4.88. The second-order valence-corrected chi connectivity index (χ2v) is 6.74. The summed E-state index contributed by atoms with van der Waals surface area (Å²) >= 11 is 0. The van der Waals surface area contributed by atoms with Gasteiger partial charge in [0.25, 0.3) is 0 Å². The van der Waals surface area contributed by atoms with Crippen molar-refractivity contribution in [2.45, 2.75) is 46.1 Å². The van der Waals surface area contributed by atoms with Crippen LogP contribution in [0.4, 0.5) is 0 Å². The highest BCUT2D eigenvalue weighted by molar-refractivity contribution is 4.85. The first-order chi connectivity index (χ1) is 9.20. The molecule has 0 aromatic rings. The molecule has 0 bridgehead atoms. The van der Waals surface area contributed by atoms with Crippen LogP contribution in [0.3, 0.4) is 0 Å². The first kappa shape index (κ1) is 15.3. The van der Waals surface area contributed by atoms with E-state index in [0.29, 0.717) is 12.0 Å². The molecule has 0 amide bonds. The fraction of sp³-hybridized carbons (Fsp3) is 1.00. The van der Waals surface area contributed by atoms with Crippen LogP contribution in [0.25, 0.3) is 0 Å². The summed E-state index contributed by atoms with van der Waals surface area (Å²) in [5, 5.41) is 3.72. The highest BCUT2D eigenvalue weighted by Crippen LogP contribution is 2.26. The molecule has 1 N–H and O–H groups in total. The van der Waals surface area contributed by atoms with Crippen LogP contribution in [-0.4, -0.2) is 50.3 Å². The van der Waals surface area contributed by atoms with E-state index in [1.165, 1.54) is 38.9 Å². The fourth-order valence-electron chi connectivity index (χ4n) is 3.48. The Kier molecular flexibility index (Phi) is 6.11. The molecule has 2 fully saturated rings. The molecular formula is C16H32N2O. The molecule has 19 heavy (non-hydrogen) atoms. The van der Waals surface area contributed by atoms with E-state index in [1.54, 1.807) is 0 Å². The van der Waals surface area contributed by atoms with E-state index in [0.717, 1.165) is 31.6 Å². The molecule has 0 radical (unpaired) electrons. The van der Waals surface area contributed by atoms with E-state index >= 15 is 0 Å². The van der Waals surface area contributed by atoms with E-state index in [-0.39, 0.29) is 0 Å². The number of rotatable bonds is 6. The molecule has 0 spiro atoms. The van der Waals surface area contributed by atoms with E-state index in [4.69, 9.17) is 4.74 Å². The molecule has 3 unspecified atom stereocenters. The van der Waals surface area contributed by atoms with Gasteiger partial charge in [0, 0.05) is 31.7 Å². The molecule has 3 atom stereocenters. The zero-order valence-electron chi connectivity index (χ0n) is 13.0. The standard InChI is InChI=1S/C16H32N2O/c1-4-7-17-16-6-9-19-12-15(16)11-18-8-5-14(10-18)13(2)3/h13-17H,4-12H2,1-3H3. The number of hydrogen-bond acceptors (Lipinski definition) is 3. The predicted octanol–water partition coefficient (Wildman–Crippen LogP) is 2.37. The first-order valence-electron chi connectivity index (χ1n) is 8.24. The monoisotopic (exact) mass is 268 g/mol. The molecular weight excluding hydrogens is 236 g/mol. The Labute approximate surface area is 119 Å². The van der Waals surface area contributed by atoms with Gasteiger partial charge in [-0.15, -0.1) is 0 Å². The van der Waals surface area contributed by atoms with Crippen molar-refractivity contribution in [3.63, 3.8) is 0 Å². The Morgan fingerprint density at radius 3 is 2.84 bits per heavy atom. The van der Waals surface area contributed by atoms with Gasteiger partial charge < -0.3 is 15.0 Å². The molecule has 0 aromatic heterocycles. The molecule has 0 saturated carbocycles. The molecule has 3 nitrogen and oxygen atoms in total. The Bertz CT molecular complexity index is 257. The molecule has 0 aliphatic carbocycles. The van der Waals surface area contributed by atoms with Crippen LogP contribution in [0.2, 0.25) is 0 Å². The van der Waals surface area contributed by atoms with Crippen LogP contribution in [0, 0.1) is 17.8 Å². The summed E-state index contributed by atoms with van der Waals surface area (Å²) in [7, 11) is 0. The summed E-state index contributed by atoms with van der Waals surface area (Å²) in [5.41, 5.74) is 0. The number of nitrogens with zero attached hydrogens (tertiary/aromatic N) is 1. The number of ether oxygens (including phenoxy) is 1. The second-order valence-electron chi connectivity index (χ2n) is 6.74. The lowest BCUT2D eigenvalue weighted by atomic mass is 9.94. The average molecular weight is 268 g/mol. The summed E-state index contributed by atoms with van der Waals surface area (Å²) < 4.78 is 5.71. The molecule has 2 heterocycles. The van der Waals surface area contributed by atoms with E-state index in [1.807, 2.05) is 0 Å². The zero-order chi connectivity index (χ0) is 13.7. The Morgan fingerprint density at radius 1 is 1.32 bits per heavy atom. The van der Waals surface area contributed by atoms with Crippen molar-refractivity contribution in [1.29, 1.82) is 0 Å². The smallest absolute Gasteiger partial charge is 0.0521 e. The van der Waals surface area contributed by atoms with Gasteiger partial charge in [0.2, 0.25) is 0 Å². The SMILES string of the molecule is CCCNC1CCOCC1CN1CCC(C(C)C)C1. The van der Waals surface area contributed by atoms with Crippen LogP contribution in [-0.2, 0) is 4.74 Å². The minimum Gasteiger partial charge on any atom is -0.381 e. The largest absolute Gasteiger partial charge is 0.381 e. The minimum absolute atomic E-state index is 0.673. The highest BCUT2D eigenvalue weighted by atomic mass is 16.5. The molecule has 112 valence electrons. The Hall–Kier alpha value is -0.120. The third kappa shape index (κ3) is 4.44. The molecule has 0 aromatic carbocycles. The maximum atomic E-state index is 5.71. The van der Waals surface area contributed by atoms with Gasteiger partial charge in [-0.1, -0.05) is 20.8 Å². The van der Waals surface area contributed by atoms with Crippen molar-refractivity contribution in [1.82, 2.24) is 10.2 Å². The third-order valence-corrected chi connectivity index (χ3v) is 4.88. The maximum absolute atomic E-state index is 5.71. The topological polar surface area (TPSA) is 24.5 Å². The second kappa shape index (κ2) is 7.61. The lowest BCUT2D eigenvalue weighted by molar-refractivity contribution is 0.0189. The van der Waals surface area contributed by atoms with Gasteiger partial charge in [-0.3, -0.25) is 0 Å². The molecule has 2 aliphatic heterocycles. The van der Waals surface area contributed by atoms with E-state index < -0.39 is 0 Å². The van der Waals surface area contributed by atoms with Crippen molar-refractivity contribution in [2.24, 2.45) is 17.8 Å². The highest BCUT2D eigenvalue weighted by Gasteiger charge is 2.31. The quantitative estimate of drug-likeness (QED) is 0.800. The molecule has 2 rings (SSSR count). The summed E-state index contributed by atoms with van der Waals surface area (Å²) in [6, 6.07) is 0.673. The summed E-state index contributed by atoms with van der Waals surface area (Å²) in [6.07, 6.45) is 3.80. The Balaban J connectivity index is 1.79. The Morgan fingerprint density at radius 2 is 2.16 bits per heavy atom. The van der Waals surface area contributed by atoms with E-state index in [9.17, 15) is 0 Å². The zero-order valence-corrected chi connectivity index (χ0v) is 13.0. The van der Waals surface area contributed by atoms with Gasteiger partial charge in [-0.05, 0) is 44.2 Å². The van der Waals surface area contributed by atoms with Gasteiger partial charge in [0.1, 0.15) is 0 Å². The van der Waals surface area contributed by atoms with Crippen LogP contribution >= 0.6 is 0 Å². The molecule has 2 saturated heterocycles. The van der Waals surface area contributed by atoms with Crippen molar-refractivity contribution in [2.75, 3.05) is 39.4 Å². The van der Waals surface area contributed by atoms with Crippen molar-refractivity contribution < 1.29 is 4.74 Å². The lowest BCUT2D eigenvalue weighted by Gasteiger charge is -2.35. The van der Waals surface area contributed by atoms with Crippen molar-refractivity contribution >= 4 is 0 Å². The van der Waals surface area contributed by atoms with Crippen LogP contribution in [0.5, 0.6) is 0 Å². The van der Waals surface area contributed by atoms with Gasteiger partial charge in [0.15, 0.2) is 0 Å². The average Bonchev–Trinajstić information content (AvgIpc) is 2.86. The number of likely N-dealkylation sites (tertiary alicyclic amines) is 1. The van der Waals surface area contributed by atoms with Crippen LogP contribution < -0.4 is 5.32 Å². The summed E-state index contributed by atoms with van der Waals surface area (Å²) in [5.74, 6) is 2.43. The number of nitrogens with one attached hydrogen (secondary N) is 1. The summed E-state index contributed by atoms with van der Waals surface area (Å²) in [6.45, 7) is 13.8. The van der Waals surface area contributed by atoms with Gasteiger partial charge in [0.05, 0.1) is 6.61 Å². The first-order valence-corrected chi connectivity index (χ1v) is 8.24. The predicted molar refractivity (Wildman–Crippen MR) is 80.4 cm³/mol. The summed E-state index contributed by atoms with van der Waals surface area (Å²) in [4.78, 5) is 2.67. The van der Waals surface area contributed by atoms with Gasteiger partial charge >= 0.3 is 0 Å². The van der Waals surface area contributed by atoms with Crippen LogP contribution in [0.1, 0.15) is 40.0 Å². The molecule has 3 heteroatoms. The van der Waals surface area contributed by atoms with Crippen LogP contribution in [0.15, 0.2) is 0 Å². The van der Waals surface area contributed by atoms with Crippen molar-refractivity contribution in [3.05, 3.63) is 0 Å². The normalized spacial score (nSPS) is 33.2. The van der Waals surface area contributed by atoms with Gasteiger partial charge in [-0.25, -0.2) is 0 Å². The molecule has 2 aliphatic rings. The van der Waals surface area contributed by atoms with Crippen molar-refractivity contribution in [3.8, 4) is 0 Å². The fourth-order valence-corrected chi connectivity index (χ4v) is 3.48. The minimum atomic E-state index is 0.673. The maximum Gasteiger partial charge on any atom is 0.0521 e. The van der Waals surface area contributed by atoms with Gasteiger partial charge in [-0.2, -0.15) is 0 Å².